The van der Waals surface area contributed by atoms with Gasteiger partial charge in [0.25, 0.3) is 0 Å². The Bertz CT molecular complexity index is 324. The number of rotatable bonds is 6. The van der Waals surface area contributed by atoms with Gasteiger partial charge in [0.2, 0.25) is 5.91 Å². The van der Waals surface area contributed by atoms with Gasteiger partial charge in [-0.2, -0.15) is 0 Å². The molecule has 1 amide bonds. The molecule has 0 fully saturated rings. The zero-order valence-corrected chi connectivity index (χ0v) is 9.93. The normalized spacial score (nSPS) is 12.7. The summed E-state index contributed by atoms with van der Waals surface area (Å²) in [6, 6.07) is 0.189. The molecule has 0 aliphatic carbocycles. The Labute approximate surface area is 93.9 Å². The van der Waals surface area contributed by atoms with Crippen molar-refractivity contribution < 1.29 is 4.79 Å². The Balaban J connectivity index is 2.39. The van der Waals surface area contributed by atoms with Crippen molar-refractivity contribution in [3.63, 3.8) is 0 Å². The van der Waals surface area contributed by atoms with Gasteiger partial charge in [0.15, 0.2) is 0 Å². The molecule has 1 unspecified atom stereocenters. The van der Waals surface area contributed by atoms with Crippen LogP contribution in [0.5, 0.6) is 0 Å². The van der Waals surface area contributed by atoms with E-state index in [1.807, 2.05) is 13.1 Å². The summed E-state index contributed by atoms with van der Waals surface area (Å²) in [5.41, 5.74) is 5.05. The van der Waals surface area contributed by atoms with Crippen molar-refractivity contribution in [2.75, 3.05) is 6.54 Å². The summed E-state index contributed by atoms with van der Waals surface area (Å²) < 4.78 is 0. The standard InChI is InChI=1S/C10H17N3OS/c1-3-8-6-13-10(15-8)7(2)12-5-4-9(11)14/h6-7,12H,3-5H2,1-2H3,(H2,11,14). The fourth-order valence-corrected chi connectivity index (χ4v) is 2.07. The average molecular weight is 227 g/mol. The first-order valence-electron chi connectivity index (χ1n) is 5.09. The molecule has 84 valence electrons. The molecule has 0 saturated heterocycles. The fraction of sp³-hybridized carbons (Fsp3) is 0.600. The number of thiazole rings is 1. The molecule has 5 heteroatoms. The van der Waals surface area contributed by atoms with Gasteiger partial charge in [-0.3, -0.25) is 4.79 Å². The van der Waals surface area contributed by atoms with E-state index in [2.05, 4.69) is 17.2 Å². The molecule has 0 aliphatic rings. The van der Waals surface area contributed by atoms with Gasteiger partial charge in [0, 0.05) is 24.0 Å². The third-order valence-corrected chi connectivity index (χ3v) is 3.44. The number of hydrogen-bond donors (Lipinski definition) is 2. The number of carbonyl (C=O) groups excluding carboxylic acids is 1. The monoisotopic (exact) mass is 227 g/mol. The van der Waals surface area contributed by atoms with Crippen LogP contribution in [0.1, 0.15) is 36.2 Å². The molecule has 0 saturated carbocycles. The number of hydrogen-bond acceptors (Lipinski definition) is 4. The van der Waals surface area contributed by atoms with E-state index in [1.165, 1.54) is 4.88 Å². The second kappa shape index (κ2) is 5.82. The van der Waals surface area contributed by atoms with Gasteiger partial charge in [-0.05, 0) is 13.3 Å². The van der Waals surface area contributed by atoms with Gasteiger partial charge in [0.1, 0.15) is 5.01 Å². The lowest BCUT2D eigenvalue weighted by atomic mass is 10.3. The van der Waals surface area contributed by atoms with Gasteiger partial charge in [-0.25, -0.2) is 4.98 Å². The number of aryl methyl sites for hydroxylation is 1. The lowest BCUT2D eigenvalue weighted by Gasteiger charge is -2.09. The molecular formula is C10H17N3OS. The van der Waals surface area contributed by atoms with Crippen molar-refractivity contribution in [1.82, 2.24) is 10.3 Å². The fourth-order valence-electron chi connectivity index (χ4n) is 1.19. The average Bonchev–Trinajstić information content (AvgIpc) is 2.65. The molecular weight excluding hydrogens is 210 g/mol. The molecule has 15 heavy (non-hydrogen) atoms. The molecule has 3 N–H and O–H groups in total. The predicted octanol–water partition coefficient (Wildman–Crippen LogP) is 1.23. The molecule has 1 heterocycles. The van der Waals surface area contributed by atoms with Crippen molar-refractivity contribution in [1.29, 1.82) is 0 Å². The molecule has 1 atom stereocenters. The Morgan fingerprint density at radius 1 is 1.73 bits per heavy atom. The topological polar surface area (TPSA) is 68.0 Å². The number of primary amides is 1. The summed E-state index contributed by atoms with van der Waals surface area (Å²) in [6.45, 7) is 4.76. The number of aromatic nitrogens is 1. The van der Waals surface area contributed by atoms with E-state index in [0.717, 1.165) is 11.4 Å². The minimum atomic E-state index is -0.275. The van der Waals surface area contributed by atoms with E-state index < -0.39 is 0 Å². The van der Waals surface area contributed by atoms with Gasteiger partial charge >= 0.3 is 0 Å². The zero-order valence-electron chi connectivity index (χ0n) is 9.12. The van der Waals surface area contributed by atoms with Crippen LogP contribution >= 0.6 is 11.3 Å². The Hall–Kier alpha value is -0.940. The largest absolute Gasteiger partial charge is 0.370 e. The van der Waals surface area contributed by atoms with Crippen molar-refractivity contribution in [2.24, 2.45) is 5.73 Å². The maximum absolute atomic E-state index is 10.5. The van der Waals surface area contributed by atoms with Crippen LogP contribution in [-0.2, 0) is 11.2 Å². The van der Waals surface area contributed by atoms with Crippen molar-refractivity contribution in [2.45, 2.75) is 32.7 Å². The number of carbonyl (C=O) groups is 1. The maximum atomic E-state index is 10.5. The van der Waals surface area contributed by atoms with Crippen LogP contribution in [0.2, 0.25) is 0 Å². The number of nitrogens with one attached hydrogen (secondary N) is 1. The highest BCUT2D eigenvalue weighted by molar-refractivity contribution is 7.11. The van der Waals surface area contributed by atoms with E-state index in [-0.39, 0.29) is 11.9 Å². The molecule has 0 bridgehead atoms. The minimum absolute atomic E-state index is 0.189. The highest BCUT2D eigenvalue weighted by Gasteiger charge is 2.09. The van der Waals surface area contributed by atoms with E-state index in [9.17, 15) is 4.79 Å². The van der Waals surface area contributed by atoms with Gasteiger partial charge in [0.05, 0.1) is 6.04 Å². The van der Waals surface area contributed by atoms with Crippen molar-refractivity contribution >= 4 is 17.2 Å². The maximum Gasteiger partial charge on any atom is 0.218 e. The van der Waals surface area contributed by atoms with Crippen LogP contribution in [0.3, 0.4) is 0 Å². The Morgan fingerprint density at radius 3 is 3.00 bits per heavy atom. The molecule has 0 radical (unpaired) electrons. The van der Waals surface area contributed by atoms with Crippen LogP contribution in [0.25, 0.3) is 0 Å². The lowest BCUT2D eigenvalue weighted by molar-refractivity contribution is -0.117. The highest BCUT2D eigenvalue weighted by Crippen LogP contribution is 2.19. The first-order chi connectivity index (χ1) is 7.13. The third-order valence-electron chi connectivity index (χ3n) is 2.11. The first kappa shape index (κ1) is 12.1. The van der Waals surface area contributed by atoms with E-state index in [0.29, 0.717) is 13.0 Å². The Morgan fingerprint density at radius 2 is 2.47 bits per heavy atom. The lowest BCUT2D eigenvalue weighted by Crippen LogP contribution is -2.24. The van der Waals surface area contributed by atoms with E-state index >= 15 is 0 Å². The van der Waals surface area contributed by atoms with Crippen LogP contribution in [0, 0.1) is 0 Å². The van der Waals surface area contributed by atoms with Crippen molar-refractivity contribution in [3.8, 4) is 0 Å². The molecule has 1 aromatic heterocycles. The van der Waals surface area contributed by atoms with Gasteiger partial charge < -0.3 is 11.1 Å². The summed E-state index contributed by atoms with van der Waals surface area (Å²) in [6.07, 6.45) is 3.30. The second-order valence-corrected chi connectivity index (χ2v) is 4.56. The summed E-state index contributed by atoms with van der Waals surface area (Å²) >= 11 is 1.71. The van der Waals surface area contributed by atoms with Crippen LogP contribution in [0.15, 0.2) is 6.20 Å². The number of nitrogens with two attached hydrogens (primary N) is 1. The quantitative estimate of drug-likeness (QED) is 0.768. The second-order valence-electron chi connectivity index (χ2n) is 3.41. The highest BCUT2D eigenvalue weighted by atomic mass is 32.1. The molecule has 1 aromatic rings. The minimum Gasteiger partial charge on any atom is -0.370 e. The molecule has 0 aliphatic heterocycles. The summed E-state index contributed by atoms with van der Waals surface area (Å²) in [7, 11) is 0. The number of nitrogens with zero attached hydrogens (tertiary/aromatic N) is 1. The van der Waals surface area contributed by atoms with E-state index in [4.69, 9.17) is 5.73 Å². The zero-order chi connectivity index (χ0) is 11.3. The van der Waals surface area contributed by atoms with Gasteiger partial charge in [-0.1, -0.05) is 6.92 Å². The smallest absolute Gasteiger partial charge is 0.218 e. The predicted molar refractivity (Wildman–Crippen MR) is 61.7 cm³/mol. The molecule has 1 rings (SSSR count). The Kier molecular flexibility index (Phi) is 4.71. The van der Waals surface area contributed by atoms with Gasteiger partial charge in [-0.15, -0.1) is 11.3 Å². The van der Waals surface area contributed by atoms with Crippen LogP contribution < -0.4 is 11.1 Å². The summed E-state index contributed by atoms with van der Waals surface area (Å²) in [5, 5.41) is 4.28. The molecule has 0 spiro atoms. The van der Waals surface area contributed by atoms with Crippen molar-refractivity contribution in [3.05, 3.63) is 16.1 Å². The van der Waals surface area contributed by atoms with Crippen LogP contribution in [0.4, 0.5) is 0 Å². The number of amides is 1. The first-order valence-corrected chi connectivity index (χ1v) is 5.91. The summed E-state index contributed by atoms with van der Waals surface area (Å²) in [5.74, 6) is -0.275. The third kappa shape index (κ3) is 3.97. The SMILES string of the molecule is CCc1cnc(C(C)NCCC(N)=O)s1. The molecule has 4 nitrogen and oxygen atoms in total. The van der Waals surface area contributed by atoms with Crippen LogP contribution in [-0.4, -0.2) is 17.4 Å². The summed E-state index contributed by atoms with van der Waals surface area (Å²) in [4.78, 5) is 16.1. The molecule has 0 aromatic carbocycles. The van der Waals surface area contributed by atoms with E-state index in [1.54, 1.807) is 11.3 Å².